The summed E-state index contributed by atoms with van der Waals surface area (Å²) >= 11 is 0. The van der Waals surface area contributed by atoms with Gasteiger partial charge < -0.3 is 10.1 Å². The molecule has 0 radical (unpaired) electrons. The van der Waals surface area contributed by atoms with Crippen LogP contribution in [0.2, 0.25) is 0 Å². The van der Waals surface area contributed by atoms with Crippen molar-refractivity contribution in [2.45, 2.75) is 6.54 Å². The van der Waals surface area contributed by atoms with Gasteiger partial charge in [-0.3, -0.25) is 14.6 Å². The fourth-order valence-electron chi connectivity index (χ4n) is 2.44. The fraction of sp³-hybridized carbons (Fsp3) is 0.105. The Morgan fingerprint density at radius 3 is 2.67 bits per heavy atom. The van der Waals surface area contributed by atoms with Crippen molar-refractivity contribution in [3.05, 3.63) is 76.8 Å². The Bertz CT molecular complexity index is 1030. The highest BCUT2D eigenvalue weighted by Crippen LogP contribution is 2.16. The first-order valence-electron chi connectivity index (χ1n) is 8.04. The standard InChI is InChI=1S/C19H16N4O4/c1-27-19(26)14-6-2-3-7-16(14)21-17(24)12-23-18(25)9-8-15(22-23)13-5-4-10-20-11-13/h2-11H,12H2,1H3,(H,21,24). The molecule has 0 saturated heterocycles. The van der Waals surface area contributed by atoms with Crippen molar-refractivity contribution < 1.29 is 14.3 Å². The van der Waals surface area contributed by atoms with E-state index >= 15 is 0 Å². The van der Waals surface area contributed by atoms with E-state index < -0.39 is 17.4 Å². The number of carbonyl (C=O) groups excluding carboxylic acids is 2. The average molecular weight is 364 g/mol. The number of carbonyl (C=O) groups is 2. The molecule has 1 amide bonds. The number of nitrogens with one attached hydrogen (secondary N) is 1. The number of benzene rings is 1. The first kappa shape index (κ1) is 18.0. The highest BCUT2D eigenvalue weighted by molar-refractivity contribution is 6.01. The van der Waals surface area contributed by atoms with Crippen LogP contribution >= 0.6 is 0 Å². The number of pyridine rings is 1. The molecule has 27 heavy (non-hydrogen) atoms. The predicted octanol–water partition coefficient (Wildman–Crippen LogP) is 1.73. The highest BCUT2D eigenvalue weighted by atomic mass is 16.5. The minimum absolute atomic E-state index is 0.220. The van der Waals surface area contributed by atoms with Crippen LogP contribution in [0.5, 0.6) is 0 Å². The Morgan fingerprint density at radius 2 is 1.93 bits per heavy atom. The minimum atomic E-state index is -0.570. The molecule has 8 nitrogen and oxygen atoms in total. The molecule has 3 aromatic rings. The van der Waals surface area contributed by atoms with Crippen LogP contribution in [0.25, 0.3) is 11.3 Å². The summed E-state index contributed by atoms with van der Waals surface area (Å²) in [7, 11) is 1.26. The second kappa shape index (κ2) is 8.05. The Hall–Kier alpha value is -3.81. The maximum atomic E-state index is 12.4. The van der Waals surface area contributed by atoms with Crippen molar-refractivity contribution in [1.82, 2.24) is 14.8 Å². The van der Waals surface area contributed by atoms with Gasteiger partial charge in [0.05, 0.1) is 24.1 Å². The Labute approximate surface area is 154 Å². The zero-order valence-corrected chi connectivity index (χ0v) is 14.5. The van der Waals surface area contributed by atoms with Crippen LogP contribution in [0.1, 0.15) is 10.4 Å². The maximum Gasteiger partial charge on any atom is 0.339 e. The van der Waals surface area contributed by atoms with Gasteiger partial charge >= 0.3 is 5.97 Å². The maximum absolute atomic E-state index is 12.4. The molecule has 0 aliphatic heterocycles. The van der Waals surface area contributed by atoms with Crippen molar-refractivity contribution in [2.75, 3.05) is 12.4 Å². The molecule has 1 aromatic carbocycles. The number of nitrogens with zero attached hydrogens (tertiary/aromatic N) is 3. The molecule has 2 heterocycles. The lowest BCUT2D eigenvalue weighted by atomic mass is 10.2. The van der Waals surface area contributed by atoms with E-state index in [2.05, 4.69) is 15.4 Å². The summed E-state index contributed by atoms with van der Waals surface area (Å²) in [5.74, 6) is -1.07. The van der Waals surface area contributed by atoms with Gasteiger partial charge in [-0.2, -0.15) is 5.10 Å². The number of aromatic nitrogens is 3. The Kier molecular flexibility index (Phi) is 5.36. The zero-order chi connectivity index (χ0) is 19.2. The van der Waals surface area contributed by atoms with E-state index in [1.807, 2.05) is 0 Å². The van der Waals surface area contributed by atoms with Crippen molar-refractivity contribution >= 4 is 17.6 Å². The first-order chi connectivity index (χ1) is 13.1. The van der Waals surface area contributed by atoms with Gasteiger partial charge in [-0.25, -0.2) is 9.48 Å². The van der Waals surface area contributed by atoms with Gasteiger partial charge in [0, 0.05) is 24.0 Å². The fourth-order valence-corrected chi connectivity index (χ4v) is 2.44. The monoisotopic (exact) mass is 364 g/mol. The third-order valence-electron chi connectivity index (χ3n) is 3.72. The van der Waals surface area contributed by atoms with Crippen LogP contribution in [0, 0.1) is 0 Å². The zero-order valence-electron chi connectivity index (χ0n) is 14.5. The summed E-state index contributed by atoms with van der Waals surface area (Å²) in [4.78, 5) is 40.2. The van der Waals surface area contributed by atoms with Crippen LogP contribution in [0.4, 0.5) is 5.69 Å². The number of amides is 1. The number of para-hydroxylation sites is 1. The lowest BCUT2D eigenvalue weighted by Crippen LogP contribution is -2.29. The smallest absolute Gasteiger partial charge is 0.339 e. The molecule has 0 fully saturated rings. The largest absolute Gasteiger partial charge is 0.465 e. The van der Waals surface area contributed by atoms with Crippen molar-refractivity contribution in [1.29, 1.82) is 0 Å². The number of ether oxygens (including phenoxy) is 1. The van der Waals surface area contributed by atoms with E-state index in [4.69, 9.17) is 4.74 Å². The lowest BCUT2D eigenvalue weighted by Gasteiger charge is -2.10. The van der Waals surface area contributed by atoms with Crippen LogP contribution in [0.15, 0.2) is 65.7 Å². The van der Waals surface area contributed by atoms with Crippen molar-refractivity contribution in [3.63, 3.8) is 0 Å². The molecule has 2 aromatic heterocycles. The van der Waals surface area contributed by atoms with Gasteiger partial charge in [0.25, 0.3) is 5.56 Å². The molecular formula is C19H16N4O4. The van der Waals surface area contributed by atoms with Crippen molar-refractivity contribution in [2.24, 2.45) is 0 Å². The van der Waals surface area contributed by atoms with Crippen LogP contribution in [-0.4, -0.2) is 33.8 Å². The average Bonchev–Trinajstić information content (AvgIpc) is 2.70. The molecule has 0 aliphatic carbocycles. The van der Waals surface area contributed by atoms with E-state index in [9.17, 15) is 14.4 Å². The third kappa shape index (κ3) is 4.24. The summed E-state index contributed by atoms with van der Waals surface area (Å²) in [6, 6.07) is 12.9. The lowest BCUT2D eigenvalue weighted by molar-refractivity contribution is -0.117. The SMILES string of the molecule is COC(=O)c1ccccc1NC(=O)Cn1nc(-c2cccnc2)ccc1=O. The second-order valence-electron chi connectivity index (χ2n) is 5.54. The second-order valence-corrected chi connectivity index (χ2v) is 5.54. The van der Waals surface area contributed by atoms with E-state index in [0.29, 0.717) is 11.4 Å². The van der Waals surface area contributed by atoms with Crippen LogP contribution < -0.4 is 10.9 Å². The number of hydrogen-bond acceptors (Lipinski definition) is 6. The molecule has 0 unspecified atom stereocenters. The topological polar surface area (TPSA) is 103 Å². The summed E-state index contributed by atoms with van der Waals surface area (Å²) in [5.41, 5.74) is 1.34. The molecule has 0 saturated carbocycles. The molecule has 1 N–H and O–H groups in total. The molecule has 0 spiro atoms. The summed E-state index contributed by atoms with van der Waals surface area (Å²) < 4.78 is 5.75. The predicted molar refractivity (Wildman–Crippen MR) is 98.1 cm³/mol. The molecule has 0 atom stereocenters. The molecule has 136 valence electrons. The molecule has 8 heteroatoms. The van der Waals surface area contributed by atoms with E-state index in [1.54, 1.807) is 48.8 Å². The van der Waals surface area contributed by atoms with Crippen LogP contribution in [-0.2, 0) is 16.1 Å². The van der Waals surface area contributed by atoms with Gasteiger partial charge in [-0.15, -0.1) is 0 Å². The first-order valence-corrected chi connectivity index (χ1v) is 8.04. The summed E-state index contributed by atoms with van der Waals surface area (Å²) in [6.45, 7) is -0.303. The van der Waals surface area contributed by atoms with E-state index in [0.717, 1.165) is 10.2 Å². The quantitative estimate of drug-likeness (QED) is 0.692. The summed E-state index contributed by atoms with van der Waals surface area (Å²) in [5, 5.41) is 6.82. The highest BCUT2D eigenvalue weighted by Gasteiger charge is 2.14. The normalized spacial score (nSPS) is 10.3. The van der Waals surface area contributed by atoms with Crippen molar-refractivity contribution in [3.8, 4) is 11.3 Å². The van der Waals surface area contributed by atoms with Gasteiger partial charge in [0.15, 0.2) is 0 Å². The third-order valence-corrected chi connectivity index (χ3v) is 3.72. The van der Waals surface area contributed by atoms with Gasteiger partial charge in [0.2, 0.25) is 5.91 Å². The molecule has 3 rings (SSSR count). The molecular weight excluding hydrogens is 348 g/mol. The number of anilines is 1. The van der Waals surface area contributed by atoms with Crippen LogP contribution in [0.3, 0.4) is 0 Å². The van der Waals surface area contributed by atoms with Gasteiger partial charge in [-0.1, -0.05) is 12.1 Å². The molecule has 0 bridgehead atoms. The minimum Gasteiger partial charge on any atom is -0.465 e. The van der Waals surface area contributed by atoms with E-state index in [1.165, 1.54) is 19.2 Å². The van der Waals surface area contributed by atoms with E-state index in [-0.39, 0.29) is 12.1 Å². The number of methoxy groups -OCH3 is 1. The number of hydrogen-bond donors (Lipinski definition) is 1. The van der Waals surface area contributed by atoms with Gasteiger partial charge in [0.1, 0.15) is 6.54 Å². The number of rotatable bonds is 5. The molecule has 0 aliphatic rings. The Morgan fingerprint density at radius 1 is 1.11 bits per heavy atom. The Balaban J connectivity index is 1.81. The number of esters is 1. The van der Waals surface area contributed by atoms with Gasteiger partial charge in [-0.05, 0) is 30.3 Å². The summed E-state index contributed by atoms with van der Waals surface area (Å²) in [6.07, 6.45) is 3.25.